The number of benzene rings is 2. The lowest BCUT2D eigenvalue weighted by atomic mass is 10.0. The van der Waals surface area contributed by atoms with Gasteiger partial charge in [-0.25, -0.2) is 9.37 Å². The summed E-state index contributed by atoms with van der Waals surface area (Å²) in [5, 5.41) is 16.2. The Balaban J connectivity index is 1.66. The fourth-order valence-electron chi connectivity index (χ4n) is 3.88. The molecule has 0 unspecified atom stereocenters. The highest BCUT2D eigenvalue weighted by molar-refractivity contribution is 6.31. The number of nitrogens with one attached hydrogen (secondary N) is 2. The number of aliphatic hydroxyl groups is 1. The van der Waals surface area contributed by atoms with E-state index in [4.69, 9.17) is 11.6 Å². The summed E-state index contributed by atoms with van der Waals surface area (Å²) in [4.78, 5) is 33.8. The molecule has 2 aromatic heterocycles. The number of carbonyl (C=O) groups is 1. The van der Waals surface area contributed by atoms with E-state index in [2.05, 4.69) is 20.6 Å². The first-order valence-electron chi connectivity index (χ1n) is 11.3. The van der Waals surface area contributed by atoms with Gasteiger partial charge in [0.15, 0.2) is 0 Å². The average Bonchev–Trinajstić information content (AvgIpc) is 2.89. The van der Waals surface area contributed by atoms with Crippen LogP contribution in [0.25, 0.3) is 22.0 Å². The number of pyridine rings is 1. The van der Waals surface area contributed by atoms with Gasteiger partial charge < -0.3 is 15.7 Å². The molecular weight excluding hydrogens is 485 g/mol. The van der Waals surface area contributed by atoms with Gasteiger partial charge in [0.05, 0.1) is 41.1 Å². The maximum absolute atomic E-state index is 13.4. The lowest BCUT2D eigenvalue weighted by molar-refractivity contribution is -0.124. The van der Waals surface area contributed by atoms with E-state index in [-0.39, 0.29) is 24.6 Å². The summed E-state index contributed by atoms with van der Waals surface area (Å²) < 4.78 is 14.8. The Labute approximate surface area is 211 Å². The molecule has 0 spiro atoms. The fraction of sp³-hybridized carbons (Fsp3) is 0.231. The van der Waals surface area contributed by atoms with E-state index < -0.39 is 11.7 Å². The molecule has 4 aromatic rings. The third-order valence-corrected chi connectivity index (χ3v) is 6.28. The number of aromatic nitrogens is 3. The number of rotatable bonds is 8. The highest BCUT2D eigenvalue weighted by atomic mass is 35.5. The fourth-order valence-corrected chi connectivity index (χ4v) is 4.11. The lowest BCUT2D eigenvalue weighted by Gasteiger charge is -2.14. The number of halogens is 2. The molecule has 0 aliphatic rings. The molecule has 4 rings (SSSR count). The Bertz CT molecular complexity index is 1490. The van der Waals surface area contributed by atoms with Gasteiger partial charge in [0.25, 0.3) is 5.56 Å². The molecule has 8 nitrogen and oxygen atoms in total. The molecule has 0 bridgehead atoms. The van der Waals surface area contributed by atoms with Crippen LogP contribution in [0.1, 0.15) is 18.2 Å². The normalized spacial score (nSPS) is 11.9. The van der Waals surface area contributed by atoms with Crippen molar-refractivity contribution in [3.05, 3.63) is 87.4 Å². The van der Waals surface area contributed by atoms with Crippen molar-refractivity contribution < 1.29 is 14.3 Å². The summed E-state index contributed by atoms with van der Waals surface area (Å²) in [7, 11) is 1.56. The van der Waals surface area contributed by atoms with E-state index in [0.717, 1.165) is 11.1 Å². The van der Waals surface area contributed by atoms with E-state index >= 15 is 0 Å². The summed E-state index contributed by atoms with van der Waals surface area (Å²) in [5.41, 5.74) is 3.45. The number of hydrogen-bond donors (Lipinski definition) is 3. The van der Waals surface area contributed by atoms with E-state index in [1.165, 1.54) is 23.0 Å². The van der Waals surface area contributed by atoms with E-state index in [9.17, 15) is 19.1 Å². The SMILES string of the molecule is CNC(=O)[C@H](C)Cn1cnc2ccc(-c3cnc(CO)c(NCc4ccc(F)cc4Cl)c3)cc2c1=O. The minimum absolute atomic E-state index is 0.159. The summed E-state index contributed by atoms with van der Waals surface area (Å²) in [6.07, 6.45) is 3.06. The molecule has 0 saturated carbocycles. The van der Waals surface area contributed by atoms with Crippen LogP contribution in [0.5, 0.6) is 0 Å². The molecule has 10 heteroatoms. The molecule has 186 valence electrons. The number of amides is 1. The molecule has 0 radical (unpaired) electrons. The molecule has 36 heavy (non-hydrogen) atoms. The monoisotopic (exact) mass is 509 g/mol. The van der Waals surface area contributed by atoms with Crippen molar-refractivity contribution in [2.75, 3.05) is 12.4 Å². The van der Waals surface area contributed by atoms with E-state index in [1.54, 1.807) is 38.4 Å². The second kappa shape index (κ2) is 10.8. The zero-order valence-electron chi connectivity index (χ0n) is 19.8. The smallest absolute Gasteiger partial charge is 0.261 e. The quantitative estimate of drug-likeness (QED) is 0.334. The van der Waals surface area contributed by atoms with Gasteiger partial charge in [0.1, 0.15) is 5.82 Å². The molecule has 2 aromatic carbocycles. The lowest BCUT2D eigenvalue weighted by Crippen LogP contribution is -2.32. The number of carbonyl (C=O) groups excluding carboxylic acids is 1. The van der Waals surface area contributed by atoms with Crippen LogP contribution in [0.3, 0.4) is 0 Å². The first-order chi connectivity index (χ1) is 17.3. The van der Waals surface area contributed by atoms with Crippen LogP contribution >= 0.6 is 11.6 Å². The Morgan fingerprint density at radius 1 is 1.17 bits per heavy atom. The second-order valence-electron chi connectivity index (χ2n) is 8.41. The van der Waals surface area contributed by atoms with Gasteiger partial charge in [-0.15, -0.1) is 0 Å². The van der Waals surface area contributed by atoms with Crippen LogP contribution < -0.4 is 16.2 Å². The van der Waals surface area contributed by atoms with Crippen LogP contribution in [0.2, 0.25) is 5.02 Å². The molecule has 2 heterocycles. The highest BCUT2D eigenvalue weighted by Gasteiger charge is 2.15. The van der Waals surface area contributed by atoms with Gasteiger partial charge in [-0.2, -0.15) is 0 Å². The Morgan fingerprint density at radius 3 is 2.69 bits per heavy atom. The second-order valence-corrected chi connectivity index (χ2v) is 8.82. The Hall–Kier alpha value is -3.82. The molecule has 0 aliphatic carbocycles. The Kier molecular flexibility index (Phi) is 7.61. The van der Waals surface area contributed by atoms with E-state index in [1.807, 2.05) is 12.1 Å². The first kappa shape index (κ1) is 25.3. The summed E-state index contributed by atoms with van der Waals surface area (Å²) in [6.45, 7) is 1.97. The predicted octanol–water partition coefficient (Wildman–Crippen LogP) is 3.74. The molecule has 3 N–H and O–H groups in total. The minimum atomic E-state index is -0.420. The van der Waals surface area contributed by atoms with Crippen LogP contribution in [0.15, 0.2) is 59.8 Å². The Morgan fingerprint density at radius 2 is 1.97 bits per heavy atom. The zero-order chi connectivity index (χ0) is 25.8. The minimum Gasteiger partial charge on any atom is -0.390 e. The van der Waals surface area contributed by atoms with Crippen molar-refractivity contribution in [2.45, 2.75) is 26.6 Å². The largest absolute Gasteiger partial charge is 0.390 e. The molecule has 0 aliphatic heterocycles. The van der Waals surface area contributed by atoms with Crippen molar-refractivity contribution in [1.82, 2.24) is 19.9 Å². The zero-order valence-corrected chi connectivity index (χ0v) is 20.5. The third kappa shape index (κ3) is 5.37. The number of aliphatic hydroxyl groups excluding tert-OH is 1. The maximum Gasteiger partial charge on any atom is 0.261 e. The van der Waals surface area contributed by atoms with Gasteiger partial charge >= 0.3 is 0 Å². The van der Waals surface area contributed by atoms with E-state index in [0.29, 0.717) is 39.4 Å². The standard InChI is InChI=1S/C26H25ClFN5O3/c1-15(25(35)29-2)12-33-14-32-22-6-4-16(7-20(22)26(33)36)18-8-23(24(13-34)31-11-18)30-10-17-3-5-19(28)9-21(17)27/h3-9,11,14-15,30,34H,10,12-13H2,1-2H3,(H,29,35)/t15-/m1/s1. The van der Waals surface area contributed by atoms with Crippen molar-refractivity contribution in [3.63, 3.8) is 0 Å². The summed E-state index contributed by atoms with van der Waals surface area (Å²) >= 11 is 6.13. The van der Waals surface area contributed by atoms with Crippen molar-refractivity contribution >= 4 is 34.1 Å². The highest BCUT2D eigenvalue weighted by Crippen LogP contribution is 2.27. The van der Waals surface area contributed by atoms with Crippen LogP contribution in [-0.4, -0.2) is 32.6 Å². The van der Waals surface area contributed by atoms with Crippen molar-refractivity contribution in [2.24, 2.45) is 5.92 Å². The number of fused-ring (bicyclic) bond motifs is 1. The molecule has 0 fully saturated rings. The third-order valence-electron chi connectivity index (χ3n) is 5.93. The van der Waals surface area contributed by atoms with Crippen LogP contribution in [-0.2, 0) is 24.5 Å². The number of nitrogens with zero attached hydrogens (tertiary/aromatic N) is 3. The predicted molar refractivity (Wildman–Crippen MR) is 137 cm³/mol. The van der Waals surface area contributed by atoms with Crippen molar-refractivity contribution in [3.8, 4) is 11.1 Å². The average molecular weight is 510 g/mol. The molecule has 1 atom stereocenters. The first-order valence-corrected chi connectivity index (χ1v) is 11.7. The molecule has 0 saturated heterocycles. The van der Waals surface area contributed by atoms with Crippen molar-refractivity contribution in [1.29, 1.82) is 0 Å². The maximum atomic E-state index is 13.4. The molecule has 1 amide bonds. The van der Waals surface area contributed by atoms with Gasteiger partial charge in [0.2, 0.25) is 5.91 Å². The number of anilines is 1. The van der Waals surface area contributed by atoms with Crippen LogP contribution in [0.4, 0.5) is 10.1 Å². The summed E-state index contributed by atoms with van der Waals surface area (Å²) in [6, 6.07) is 11.3. The topological polar surface area (TPSA) is 109 Å². The van der Waals surface area contributed by atoms with Gasteiger partial charge in [-0.05, 0) is 41.5 Å². The van der Waals surface area contributed by atoms with Gasteiger partial charge in [0, 0.05) is 36.9 Å². The van der Waals surface area contributed by atoms with Gasteiger partial charge in [-0.1, -0.05) is 30.7 Å². The van der Waals surface area contributed by atoms with Gasteiger partial charge in [-0.3, -0.25) is 19.1 Å². The summed E-state index contributed by atoms with van der Waals surface area (Å²) in [5.74, 6) is -0.974. The molecular formula is C26H25ClFN5O3. The number of hydrogen-bond acceptors (Lipinski definition) is 6. The van der Waals surface area contributed by atoms with Crippen LogP contribution in [0, 0.1) is 11.7 Å².